The van der Waals surface area contributed by atoms with Gasteiger partial charge in [0.25, 0.3) is 0 Å². The van der Waals surface area contributed by atoms with Gasteiger partial charge in [0, 0.05) is 32.9 Å². The minimum Gasteiger partial charge on any atom is -0.376 e. The molecule has 4 nitrogen and oxygen atoms in total. The first-order valence-electron chi connectivity index (χ1n) is 7.63. The molecular weight excluding hydrogens is 250 g/mol. The van der Waals surface area contributed by atoms with Gasteiger partial charge in [-0.2, -0.15) is 0 Å². The monoisotopic (exact) mass is 277 g/mol. The van der Waals surface area contributed by atoms with Gasteiger partial charge in [0.1, 0.15) is 5.82 Å². The third kappa shape index (κ3) is 4.76. The molecule has 0 amide bonds. The fraction of sp³-hybridized carbons (Fsp3) is 0.688. The van der Waals surface area contributed by atoms with E-state index in [4.69, 9.17) is 4.74 Å². The molecule has 4 heteroatoms. The minimum absolute atomic E-state index is 0.370. The Hall–Kier alpha value is -1.13. The highest BCUT2D eigenvalue weighted by molar-refractivity contribution is 5.38. The molecule has 1 saturated heterocycles. The van der Waals surface area contributed by atoms with Crippen LogP contribution in [0.25, 0.3) is 0 Å². The van der Waals surface area contributed by atoms with Crippen molar-refractivity contribution in [3.05, 3.63) is 23.9 Å². The van der Waals surface area contributed by atoms with E-state index in [1.165, 1.54) is 18.4 Å². The van der Waals surface area contributed by atoms with E-state index < -0.39 is 0 Å². The molecule has 1 atom stereocenters. The summed E-state index contributed by atoms with van der Waals surface area (Å²) in [6, 6.07) is 4.25. The molecule has 1 unspecified atom stereocenters. The Labute approximate surface area is 122 Å². The third-order valence-electron chi connectivity index (χ3n) is 3.58. The summed E-state index contributed by atoms with van der Waals surface area (Å²) in [6.45, 7) is 8.20. The van der Waals surface area contributed by atoms with Gasteiger partial charge < -0.3 is 15.0 Å². The first kappa shape index (κ1) is 15.3. The highest BCUT2D eigenvalue weighted by atomic mass is 16.5. The van der Waals surface area contributed by atoms with Crippen LogP contribution >= 0.6 is 0 Å². The lowest BCUT2D eigenvalue weighted by Gasteiger charge is -2.21. The molecule has 0 spiro atoms. The van der Waals surface area contributed by atoms with Crippen molar-refractivity contribution in [1.82, 2.24) is 10.3 Å². The molecule has 112 valence electrons. The summed E-state index contributed by atoms with van der Waals surface area (Å²) in [5.41, 5.74) is 1.24. The Morgan fingerprint density at radius 2 is 2.30 bits per heavy atom. The van der Waals surface area contributed by atoms with Gasteiger partial charge in [0.05, 0.1) is 6.10 Å². The molecule has 1 aliphatic rings. The Bertz CT molecular complexity index is 385. The Morgan fingerprint density at radius 1 is 1.45 bits per heavy atom. The van der Waals surface area contributed by atoms with Crippen LogP contribution in [-0.2, 0) is 11.3 Å². The van der Waals surface area contributed by atoms with Gasteiger partial charge >= 0.3 is 0 Å². The Morgan fingerprint density at radius 3 is 2.90 bits per heavy atom. The van der Waals surface area contributed by atoms with Crippen LogP contribution < -0.4 is 10.2 Å². The fourth-order valence-electron chi connectivity index (χ4n) is 2.44. The molecule has 2 heterocycles. The summed E-state index contributed by atoms with van der Waals surface area (Å²) in [4.78, 5) is 6.73. The lowest BCUT2D eigenvalue weighted by molar-refractivity contribution is 0.116. The third-order valence-corrected chi connectivity index (χ3v) is 3.58. The van der Waals surface area contributed by atoms with Gasteiger partial charge in [-0.25, -0.2) is 4.98 Å². The molecule has 1 fully saturated rings. The predicted octanol–water partition coefficient (Wildman–Crippen LogP) is 2.44. The van der Waals surface area contributed by atoms with Gasteiger partial charge in [0.2, 0.25) is 0 Å². The van der Waals surface area contributed by atoms with Gasteiger partial charge in [-0.3, -0.25) is 0 Å². The summed E-state index contributed by atoms with van der Waals surface area (Å²) in [7, 11) is 2.08. The number of nitrogens with zero attached hydrogens (tertiary/aromatic N) is 2. The molecule has 1 aromatic heterocycles. The number of hydrogen-bond acceptors (Lipinski definition) is 4. The zero-order valence-corrected chi connectivity index (χ0v) is 12.9. The minimum atomic E-state index is 0.370. The SMILES string of the molecule is CC(C)CNCc1ccc(N(C)CC2CCCO2)nc1. The van der Waals surface area contributed by atoms with E-state index in [-0.39, 0.29) is 0 Å². The van der Waals surface area contributed by atoms with Crippen LogP contribution in [0.3, 0.4) is 0 Å². The van der Waals surface area contributed by atoms with E-state index in [0.717, 1.165) is 32.1 Å². The fourth-order valence-corrected chi connectivity index (χ4v) is 2.44. The maximum atomic E-state index is 5.66. The van der Waals surface area contributed by atoms with Gasteiger partial charge in [-0.1, -0.05) is 19.9 Å². The average Bonchev–Trinajstić information content (AvgIpc) is 2.92. The molecule has 2 rings (SSSR count). The number of likely N-dealkylation sites (N-methyl/N-ethyl adjacent to an activating group) is 1. The van der Waals surface area contributed by atoms with Crippen LogP contribution in [0.2, 0.25) is 0 Å². The van der Waals surface area contributed by atoms with E-state index in [2.05, 4.69) is 48.2 Å². The van der Waals surface area contributed by atoms with Crippen molar-refractivity contribution >= 4 is 5.82 Å². The second kappa shape index (κ2) is 7.60. The molecule has 0 radical (unpaired) electrons. The topological polar surface area (TPSA) is 37.4 Å². The van der Waals surface area contributed by atoms with Crippen LogP contribution in [0, 0.1) is 5.92 Å². The van der Waals surface area contributed by atoms with E-state index in [1.807, 2.05) is 6.20 Å². The summed E-state index contributed by atoms with van der Waals surface area (Å²) in [5, 5.41) is 3.43. The standard InChI is InChI=1S/C16H27N3O/c1-13(2)9-17-10-14-6-7-16(18-11-14)19(3)12-15-5-4-8-20-15/h6-7,11,13,15,17H,4-5,8-10,12H2,1-3H3. The summed E-state index contributed by atoms with van der Waals surface area (Å²) >= 11 is 0. The molecule has 0 saturated carbocycles. The van der Waals surface area contributed by atoms with Crippen molar-refractivity contribution < 1.29 is 4.74 Å². The second-order valence-corrected chi connectivity index (χ2v) is 6.06. The zero-order chi connectivity index (χ0) is 14.4. The van der Waals surface area contributed by atoms with Crippen LogP contribution in [0.15, 0.2) is 18.3 Å². The number of pyridine rings is 1. The van der Waals surface area contributed by atoms with Crippen LogP contribution in [-0.4, -0.2) is 37.8 Å². The molecular formula is C16H27N3O. The highest BCUT2D eigenvalue weighted by Crippen LogP contribution is 2.16. The highest BCUT2D eigenvalue weighted by Gasteiger charge is 2.17. The smallest absolute Gasteiger partial charge is 0.128 e. The number of nitrogens with one attached hydrogen (secondary N) is 1. The molecule has 0 bridgehead atoms. The quantitative estimate of drug-likeness (QED) is 0.830. The summed E-state index contributed by atoms with van der Waals surface area (Å²) in [6.07, 6.45) is 4.69. The Balaban J connectivity index is 1.80. The van der Waals surface area contributed by atoms with Crippen molar-refractivity contribution in [2.45, 2.75) is 39.3 Å². The largest absolute Gasteiger partial charge is 0.376 e. The van der Waals surface area contributed by atoms with E-state index in [9.17, 15) is 0 Å². The van der Waals surface area contributed by atoms with E-state index in [1.54, 1.807) is 0 Å². The van der Waals surface area contributed by atoms with Crippen molar-refractivity contribution in [1.29, 1.82) is 0 Å². The number of ether oxygens (including phenoxy) is 1. The van der Waals surface area contributed by atoms with Crippen LogP contribution in [0.1, 0.15) is 32.3 Å². The van der Waals surface area contributed by atoms with Gasteiger partial charge in [0.15, 0.2) is 0 Å². The van der Waals surface area contributed by atoms with Gasteiger partial charge in [-0.15, -0.1) is 0 Å². The Kier molecular flexibility index (Phi) is 5.80. The van der Waals surface area contributed by atoms with Crippen LogP contribution in [0.5, 0.6) is 0 Å². The first-order valence-corrected chi connectivity index (χ1v) is 7.63. The number of aromatic nitrogens is 1. The van der Waals surface area contributed by atoms with Crippen molar-refractivity contribution in [3.8, 4) is 0 Å². The molecule has 20 heavy (non-hydrogen) atoms. The normalized spacial score (nSPS) is 18.7. The number of anilines is 1. The average molecular weight is 277 g/mol. The lowest BCUT2D eigenvalue weighted by atomic mass is 10.2. The van der Waals surface area contributed by atoms with Crippen molar-refractivity contribution in [2.75, 3.05) is 31.6 Å². The predicted molar refractivity (Wildman–Crippen MR) is 83.0 cm³/mol. The summed E-state index contributed by atoms with van der Waals surface area (Å²) < 4.78 is 5.66. The summed E-state index contributed by atoms with van der Waals surface area (Å²) in [5.74, 6) is 1.70. The number of hydrogen-bond donors (Lipinski definition) is 1. The maximum Gasteiger partial charge on any atom is 0.128 e. The van der Waals surface area contributed by atoms with Crippen LogP contribution in [0.4, 0.5) is 5.82 Å². The molecule has 1 N–H and O–H groups in total. The second-order valence-electron chi connectivity index (χ2n) is 6.06. The van der Waals surface area contributed by atoms with Crippen molar-refractivity contribution in [3.63, 3.8) is 0 Å². The molecule has 1 aliphatic heterocycles. The first-order chi connectivity index (χ1) is 9.65. The molecule has 0 aliphatic carbocycles. The van der Waals surface area contributed by atoms with Gasteiger partial charge in [-0.05, 0) is 36.9 Å². The number of rotatable bonds is 7. The molecule has 0 aromatic carbocycles. The lowest BCUT2D eigenvalue weighted by Crippen LogP contribution is -2.29. The molecule has 1 aromatic rings. The van der Waals surface area contributed by atoms with Crippen molar-refractivity contribution in [2.24, 2.45) is 5.92 Å². The van der Waals surface area contributed by atoms with E-state index in [0.29, 0.717) is 12.0 Å². The zero-order valence-electron chi connectivity index (χ0n) is 12.9. The maximum absolute atomic E-state index is 5.66. The van der Waals surface area contributed by atoms with E-state index >= 15 is 0 Å².